The molecule has 0 amide bonds. The predicted molar refractivity (Wildman–Crippen MR) is 124 cm³/mol. The van der Waals surface area contributed by atoms with Gasteiger partial charge in [0.25, 0.3) is 0 Å². The number of nitrogens with zero attached hydrogens (tertiary/aromatic N) is 3. The van der Waals surface area contributed by atoms with Crippen molar-refractivity contribution in [3.63, 3.8) is 0 Å². The molecule has 1 N–H and O–H groups in total. The van der Waals surface area contributed by atoms with Crippen LogP contribution in [0.4, 0.5) is 20.3 Å². The van der Waals surface area contributed by atoms with E-state index in [9.17, 15) is 23.7 Å². The molecule has 0 bridgehead atoms. The van der Waals surface area contributed by atoms with Crippen LogP contribution >= 0.6 is 0 Å². The second-order valence-corrected chi connectivity index (χ2v) is 8.22. The fourth-order valence-electron chi connectivity index (χ4n) is 4.17. The van der Waals surface area contributed by atoms with Crippen LogP contribution in [-0.2, 0) is 12.8 Å². The van der Waals surface area contributed by atoms with Gasteiger partial charge in [-0.2, -0.15) is 8.96 Å². The Hall–Kier alpha value is -4.53. The van der Waals surface area contributed by atoms with Crippen molar-refractivity contribution >= 4 is 17.4 Å². The summed E-state index contributed by atoms with van der Waals surface area (Å²) in [6.07, 6.45) is 2.06. The number of carbonyl (C=O) groups is 1. The zero-order valence-corrected chi connectivity index (χ0v) is 18.3. The lowest BCUT2D eigenvalue weighted by molar-refractivity contribution is -0.552. The fourth-order valence-corrected chi connectivity index (χ4v) is 4.17. The SMILES string of the molecule is O=C1C(Cc2ccc(F)cc2)Nc2c(Cc3ccccc3)nc(-c3cccc([N+](=O)[O-])c3F)c[n+]21. The van der Waals surface area contributed by atoms with Gasteiger partial charge in [-0.15, -0.1) is 0 Å². The molecule has 1 atom stereocenters. The Balaban J connectivity index is 1.58. The van der Waals surface area contributed by atoms with Gasteiger partial charge in [-0.3, -0.25) is 15.4 Å². The minimum atomic E-state index is -1.02. The molecule has 4 aromatic rings. The summed E-state index contributed by atoms with van der Waals surface area (Å²) in [6, 6.07) is 18.6. The van der Waals surface area contributed by atoms with Crippen molar-refractivity contribution in [3.05, 3.63) is 118 Å². The van der Waals surface area contributed by atoms with Crippen molar-refractivity contribution < 1.29 is 23.1 Å². The molecule has 0 spiro atoms. The fraction of sp³-hybridized carbons (Fsp3) is 0.115. The number of benzene rings is 3. The van der Waals surface area contributed by atoms with Crippen LogP contribution in [0.2, 0.25) is 0 Å². The molecule has 0 radical (unpaired) electrons. The highest BCUT2D eigenvalue weighted by atomic mass is 19.1. The first kappa shape index (κ1) is 22.3. The van der Waals surface area contributed by atoms with E-state index in [1.54, 1.807) is 12.1 Å². The molecular formula is C26H19F2N4O3+. The molecule has 0 saturated heterocycles. The Bertz CT molecular complexity index is 1440. The third-order valence-electron chi connectivity index (χ3n) is 5.89. The van der Waals surface area contributed by atoms with E-state index < -0.39 is 22.5 Å². The van der Waals surface area contributed by atoms with Gasteiger partial charge in [0.1, 0.15) is 23.4 Å². The summed E-state index contributed by atoms with van der Waals surface area (Å²) in [5.74, 6) is -1.19. The van der Waals surface area contributed by atoms with Gasteiger partial charge >= 0.3 is 17.4 Å². The van der Waals surface area contributed by atoms with Crippen molar-refractivity contribution in [2.24, 2.45) is 0 Å². The Labute approximate surface area is 198 Å². The minimum Gasteiger partial charge on any atom is -0.258 e. The number of nitro benzene ring substituents is 1. The van der Waals surface area contributed by atoms with Gasteiger partial charge in [0.2, 0.25) is 5.82 Å². The van der Waals surface area contributed by atoms with E-state index in [2.05, 4.69) is 10.3 Å². The summed E-state index contributed by atoms with van der Waals surface area (Å²) >= 11 is 0. The Morgan fingerprint density at radius 1 is 0.971 bits per heavy atom. The second kappa shape index (κ2) is 9.02. The summed E-state index contributed by atoms with van der Waals surface area (Å²) in [4.78, 5) is 28.4. The molecule has 1 aliphatic heterocycles. The van der Waals surface area contributed by atoms with E-state index in [-0.39, 0.29) is 23.0 Å². The highest BCUT2D eigenvalue weighted by Gasteiger charge is 2.41. The van der Waals surface area contributed by atoms with Gasteiger partial charge in [-0.25, -0.2) is 14.2 Å². The number of nitrogens with one attached hydrogen (secondary N) is 1. The lowest BCUT2D eigenvalue weighted by Gasteiger charge is -2.08. The van der Waals surface area contributed by atoms with Crippen LogP contribution in [0, 0.1) is 21.7 Å². The van der Waals surface area contributed by atoms with Crippen molar-refractivity contribution in [1.29, 1.82) is 0 Å². The monoisotopic (exact) mass is 473 g/mol. The van der Waals surface area contributed by atoms with Crippen LogP contribution in [-0.4, -0.2) is 21.9 Å². The van der Waals surface area contributed by atoms with Crippen LogP contribution in [0.15, 0.2) is 79.0 Å². The normalized spacial score (nSPS) is 14.5. The van der Waals surface area contributed by atoms with Gasteiger partial charge in [-0.05, 0) is 29.3 Å². The summed E-state index contributed by atoms with van der Waals surface area (Å²) in [6.45, 7) is 0. The molecule has 1 aliphatic rings. The van der Waals surface area contributed by atoms with Crippen LogP contribution in [0.5, 0.6) is 0 Å². The number of anilines is 1. The van der Waals surface area contributed by atoms with E-state index in [0.717, 1.165) is 17.2 Å². The van der Waals surface area contributed by atoms with Crippen molar-refractivity contribution in [2.75, 3.05) is 5.32 Å². The van der Waals surface area contributed by atoms with Crippen LogP contribution in [0.25, 0.3) is 11.3 Å². The maximum absolute atomic E-state index is 15.0. The molecule has 0 fully saturated rings. The molecule has 7 nitrogen and oxygen atoms in total. The lowest BCUT2D eigenvalue weighted by atomic mass is 10.1. The average molecular weight is 473 g/mol. The lowest BCUT2D eigenvalue weighted by Crippen LogP contribution is -2.44. The molecule has 35 heavy (non-hydrogen) atoms. The van der Waals surface area contributed by atoms with E-state index in [0.29, 0.717) is 24.4 Å². The molecule has 0 saturated carbocycles. The van der Waals surface area contributed by atoms with Gasteiger partial charge in [0.05, 0.1) is 4.92 Å². The molecule has 1 aromatic heterocycles. The first-order valence-corrected chi connectivity index (χ1v) is 10.9. The van der Waals surface area contributed by atoms with Gasteiger partial charge < -0.3 is 0 Å². The van der Waals surface area contributed by atoms with Gasteiger partial charge in [-0.1, -0.05) is 48.5 Å². The van der Waals surface area contributed by atoms with E-state index in [1.807, 2.05) is 30.3 Å². The van der Waals surface area contributed by atoms with E-state index >= 15 is 0 Å². The topological polar surface area (TPSA) is 89.0 Å². The first-order chi connectivity index (χ1) is 16.9. The summed E-state index contributed by atoms with van der Waals surface area (Å²) < 4.78 is 29.7. The van der Waals surface area contributed by atoms with Crippen molar-refractivity contribution in [1.82, 2.24) is 4.98 Å². The zero-order chi connectivity index (χ0) is 24.5. The largest absolute Gasteiger partial charge is 0.359 e. The number of carbonyl (C=O) groups excluding carboxylic acids is 1. The maximum atomic E-state index is 15.0. The summed E-state index contributed by atoms with van der Waals surface area (Å²) in [7, 11) is 0. The molecule has 1 unspecified atom stereocenters. The molecule has 3 aromatic carbocycles. The third kappa shape index (κ3) is 4.35. The minimum absolute atomic E-state index is 0.0707. The highest BCUT2D eigenvalue weighted by molar-refractivity contribution is 5.83. The predicted octanol–water partition coefficient (Wildman–Crippen LogP) is 4.49. The molecule has 0 aliphatic carbocycles. The number of rotatable bonds is 6. The van der Waals surface area contributed by atoms with Crippen molar-refractivity contribution in [3.8, 4) is 11.3 Å². The standard InChI is InChI=1S/C26H18F2N4O3/c27-18-11-9-17(10-12-18)14-21-26(33)31-15-22(19-7-4-8-23(24(19)28)32(34)35)29-20(25(31)30-21)13-16-5-2-1-3-6-16/h1-12,15,21H,13-14H2/p+1. The van der Waals surface area contributed by atoms with Crippen LogP contribution in [0.3, 0.4) is 0 Å². The van der Waals surface area contributed by atoms with Crippen LogP contribution < -0.4 is 9.88 Å². The molecule has 2 heterocycles. The Morgan fingerprint density at radius 2 is 1.71 bits per heavy atom. The van der Waals surface area contributed by atoms with Gasteiger partial charge in [0.15, 0.2) is 6.04 Å². The van der Waals surface area contributed by atoms with Crippen LogP contribution in [0.1, 0.15) is 21.6 Å². The summed E-state index contributed by atoms with van der Waals surface area (Å²) in [5.41, 5.74) is 1.56. The quantitative estimate of drug-likeness (QED) is 0.253. The second-order valence-electron chi connectivity index (χ2n) is 8.22. The highest BCUT2D eigenvalue weighted by Crippen LogP contribution is 2.30. The smallest absolute Gasteiger partial charge is 0.258 e. The summed E-state index contributed by atoms with van der Waals surface area (Å²) in [5, 5.41) is 14.5. The van der Waals surface area contributed by atoms with Crippen molar-refractivity contribution in [2.45, 2.75) is 18.9 Å². The average Bonchev–Trinajstić information content (AvgIpc) is 3.16. The number of hydrogen-bond acceptors (Lipinski definition) is 5. The third-order valence-corrected chi connectivity index (χ3v) is 5.89. The number of halogens is 2. The Morgan fingerprint density at radius 3 is 2.43 bits per heavy atom. The molecule has 5 rings (SSSR count). The number of aromatic nitrogens is 2. The molecule has 174 valence electrons. The van der Waals surface area contributed by atoms with Gasteiger partial charge in [0, 0.05) is 24.5 Å². The number of nitro groups is 1. The molecule has 9 heteroatoms. The number of hydrogen-bond donors (Lipinski definition) is 1. The maximum Gasteiger partial charge on any atom is 0.359 e. The zero-order valence-electron chi connectivity index (χ0n) is 18.3. The van der Waals surface area contributed by atoms with E-state index in [1.165, 1.54) is 35.0 Å². The molecular weight excluding hydrogens is 454 g/mol. The first-order valence-electron chi connectivity index (χ1n) is 10.9. The van der Waals surface area contributed by atoms with E-state index in [4.69, 9.17) is 0 Å². The Kier molecular flexibility index (Phi) is 5.74. The number of fused-ring (bicyclic) bond motifs is 1.